The topological polar surface area (TPSA) is 15.3 Å². The van der Waals surface area contributed by atoms with E-state index < -0.39 is 0 Å². The van der Waals surface area contributed by atoms with Crippen molar-refractivity contribution in [3.8, 4) is 0 Å². The van der Waals surface area contributed by atoms with Crippen LogP contribution in [-0.2, 0) is 6.42 Å². The van der Waals surface area contributed by atoms with E-state index in [1.165, 1.54) is 12.8 Å². The fourth-order valence-electron chi connectivity index (χ4n) is 3.48. The van der Waals surface area contributed by atoms with Crippen LogP contribution < -0.4 is 5.32 Å². The molecule has 0 aromatic heterocycles. The number of hydrogen-bond donors (Lipinski definition) is 1. The largest absolute Gasteiger partial charge is 0.315 e. The molecular weight excluding hydrogens is 287 g/mol. The van der Waals surface area contributed by atoms with Crippen molar-refractivity contribution in [2.24, 2.45) is 0 Å². The standard InChI is InChI=1S/C17H26ClFN2/c1-4-17(2,21-10-5-6-11-21)15(20-3)12-13-8-7-9-14(18)16(13)19/h7-9,15,20H,4-6,10-12H2,1-3H3. The van der Waals surface area contributed by atoms with Gasteiger partial charge in [0.15, 0.2) is 0 Å². The Kier molecular flexibility index (Phi) is 5.64. The van der Waals surface area contributed by atoms with Crippen molar-refractivity contribution in [2.75, 3.05) is 20.1 Å². The molecule has 1 fully saturated rings. The summed E-state index contributed by atoms with van der Waals surface area (Å²) in [4.78, 5) is 2.55. The Morgan fingerprint density at radius 3 is 2.62 bits per heavy atom. The van der Waals surface area contributed by atoms with Crippen LogP contribution in [0.5, 0.6) is 0 Å². The fourth-order valence-corrected chi connectivity index (χ4v) is 3.67. The van der Waals surface area contributed by atoms with Gasteiger partial charge in [-0.15, -0.1) is 0 Å². The minimum absolute atomic E-state index is 0.0417. The maximum absolute atomic E-state index is 14.2. The molecule has 1 aromatic carbocycles. The molecule has 2 rings (SSSR count). The molecule has 0 bridgehead atoms. The summed E-state index contributed by atoms with van der Waals surface area (Å²) in [6, 6.07) is 5.47. The van der Waals surface area contributed by atoms with Crippen LogP contribution in [0.2, 0.25) is 5.02 Å². The van der Waals surface area contributed by atoms with Crippen molar-refractivity contribution < 1.29 is 4.39 Å². The summed E-state index contributed by atoms with van der Waals surface area (Å²) in [5.41, 5.74) is 0.737. The first-order chi connectivity index (χ1) is 10.0. The molecule has 0 aliphatic carbocycles. The number of benzene rings is 1. The predicted octanol–water partition coefficient (Wildman–Crippen LogP) is 3.87. The van der Waals surface area contributed by atoms with Gasteiger partial charge in [0.25, 0.3) is 0 Å². The van der Waals surface area contributed by atoms with E-state index in [1.54, 1.807) is 6.07 Å². The second-order valence-electron chi connectivity index (χ2n) is 6.16. The first kappa shape index (κ1) is 16.7. The molecule has 0 radical (unpaired) electrons. The number of hydrogen-bond acceptors (Lipinski definition) is 2. The fraction of sp³-hybridized carbons (Fsp3) is 0.647. The maximum Gasteiger partial charge on any atom is 0.145 e. The zero-order chi connectivity index (χ0) is 15.5. The molecule has 118 valence electrons. The van der Waals surface area contributed by atoms with E-state index in [0.717, 1.165) is 19.5 Å². The van der Waals surface area contributed by atoms with Gasteiger partial charge in [-0.05, 0) is 64.4 Å². The summed E-state index contributed by atoms with van der Waals surface area (Å²) in [6.45, 7) is 6.79. The number of rotatable bonds is 6. The minimum atomic E-state index is -0.278. The van der Waals surface area contributed by atoms with Gasteiger partial charge in [0, 0.05) is 11.6 Å². The van der Waals surface area contributed by atoms with Crippen LogP contribution >= 0.6 is 11.6 Å². The average molecular weight is 313 g/mol. The van der Waals surface area contributed by atoms with Crippen LogP contribution in [0, 0.1) is 5.82 Å². The molecule has 1 heterocycles. The number of nitrogens with zero attached hydrogens (tertiary/aromatic N) is 1. The summed E-state index contributed by atoms with van der Waals surface area (Å²) < 4.78 is 14.2. The van der Waals surface area contributed by atoms with E-state index >= 15 is 0 Å². The van der Waals surface area contributed by atoms with Gasteiger partial charge >= 0.3 is 0 Å². The van der Waals surface area contributed by atoms with E-state index in [0.29, 0.717) is 12.0 Å². The molecule has 2 nitrogen and oxygen atoms in total. The summed E-state index contributed by atoms with van der Waals surface area (Å²) >= 11 is 5.91. The Bertz CT molecular complexity index is 474. The molecule has 1 aromatic rings. The number of likely N-dealkylation sites (tertiary alicyclic amines) is 1. The van der Waals surface area contributed by atoms with Gasteiger partial charge in [-0.25, -0.2) is 4.39 Å². The second-order valence-corrected chi connectivity index (χ2v) is 6.57. The van der Waals surface area contributed by atoms with Crippen LogP contribution in [0.15, 0.2) is 18.2 Å². The molecule has 2 atom stereocenters. The third-order valence-electron chi connectivity index (χ3n) is 5.10. The molecule has 0 spiro atoms. The Morgan fingerprint density at radius 1 is 1.38 bits per heavy atom. The zero-order valence-electron chi connectivity index (χ0n) is 13.3. The smallest absolute Gasteiger partial charge is 0.145 e. The van der Waals surface area contributed by atoms with Gasteiger partial charge in [-0.3, -0.25) is 4.90 Å². The highest BCUT2D eigenvalue weighted by Crippen LogP contribution is 2.30. The van der Waals surface area contributed by atoms with Crippen LogP contribution in [0.4, 0.5) is 4.39 Å². The Morgan fingerprint density at radius 2 is 2.05 bits per heavy atom. The van der Waals surface area contributed by atoms with Gasteiger partial charge < -0.3 is 5.32 Å². The van der Waals surface area contributed by atoms with E-state index in [2.05, 4.69) is 24.1 Å². The first-order valence-electron chi connectivity index (χ1n) is 7.88. The van der Waals surface area contributed by atoms with Crippen molar-refractivity contribution in [1.29, 1.82) is 0 Å². The van der Waals surface area contributed by atoms with E-state index in [4.69, 9.17) is 11.6 Å². The van der Waals surface area contributed by atoms with E-state index in [-0.39, 0.29) is 22.4 Å². The normalized spacial score (nSPS) is 20.4. The summed E-state index contributed by atoms with van der Waals surface area (Å²) in [6.07, 6.45) is 4.22. The Labute approximate surface area is 132 Å². The molecule has 21 heavy (non-hydrogen) atoms. The molecular formula is C17H26ClFN2. The molecule has 1 aliphatic rings. The van der Waals surface area contributed by atoms with Crippen LogP contribution in [0.25, 0.3) is 0 Å². The molecule has 0 amide bonds. The third-order valence-corrected chi connectivity index (χ3v) is 5.39. The van der Waals surface area contributed by atoms with Crippen LogP contribution in [0.1, 0.15) is 38.7 Å². The monoisotopic (exact) mass is 312 g/mol. The van der Waals surface area contributed by atoms with Crippen LogP contribution in [-0.4, -0.2) is 36.6 Å². The molecule has 2 unspecified atom stereocenters. The SMILES string of the molecule is CCC(C)(C(Cc1cccc(Cl)c1F)NC)N1CCCC1. The number of halogens is 2. The summed E-state index contributed by atoms with van der Waals surface area (Å²) in [7, 11) is 1.97. The quantitative estimate of drug-likeness (QED) is 0.857. The second kappa shape index (κ2) is 7.08. The Balaban J connectivity index is 2.23. The molecule has 4 heteroatoms. The lowest BCUT2D eigenvalue weighted by molar-refractivity contribution is 0.0870. The van der Waals surface area contributed by atoms with Gasteiger partial charge in [-0.2, -0.15) is 0 Å². The van der Waals surface area contributed by atoms with Crippen molar-refractivity contribution >= 4 is 11.6 Å². The predicted molar refractivity (Wildman–Crippen MR) is 87.5 cm³/mol. The highest BCUT2D eigenvalue weighted by Gasteiger charge is 2.38. The molecule has 1 saturated heterocycles. The first-order valence-corrected chi connectivity index (χ1v) is 8.26. The van der Waals surface area contributed by atoms with Crippen molar-refractivity contribution in [1.82, 2.24) is 10.2 Å². The number of nitrogens with one attached hydrogen (secondary N) is 1. The lowest BCUT2D eigenvalue weighted by Gasteiger charge is -2.44. The van der Waals surface area contributed by atoms with Gasteiger partial charge in [-0.1, -0.05) is 30.7 Å². The summed E-state index contributed by atoms with van der Waals surface area (Å²) in [5.74, 6) is -0.278. The lowest BCUT2D eigenvalue weighted by Crippen LogP contribution is -2.58. The average Bonchev–Trinajstić information content (AvgIpc) is 3.03. The Hall–Kier alpha value is -0.640. The van der Waals surface area contributed by atoms with Crippen LogP contribution in [0.3, 0.4) is 0 Å². The van der Waals surface area contributed by atoms with Gasteiger partial charge in [0.1, 0.15) is 5.82 Å². The van der Waals surface area contributed by atoms with Crippen molar-refractivity contribution in [3.63, 3.8) is 0 Å². The van der Waals surface area contributed by atoms with E-state index in [9.17, 15) is 4.39 Å². The minimum Gasteiger partial charge on any atom is -0.315 e. The van der Waals surface area contributed by atoms with Crippen molar-refractivity contribution in [3.05, 3.63) is 34.6 Å². The highest BCUT2D eigenvalue weighted by atomic mass is 35.5. The zero-order valence-corrected chi connectivity index (χ0v) is 14.0. The summed E-state index contributed by atoms with van der Waals surface area (Å²) in [5, 5.41) is 3.62. The lowest BCUT2D eigenvalue weighted by atomic mass is 9.83. The maximum atomic E-state index is 14.2. The molecule has 1 N–H and O–H groups in total. The van der Waals surface area contributed by atoms with Gasteiger partial charge in [0.2, 0.25) is 0 Å². The molecule has 1 aliphatic heterocycles. The number of likely N-dealkylation sites (N-methyl/N-ethyl adjacent to an activating group) is 1. The van der Waals surface area contributed by atoms with Gasteiger partial charge in [0.05, 0.1) is 5.02 Å². The third kappa shape index (κ3) is 3.41. The molecule has 0 saturated carbocycles. The highest BCUT2D eigenvalue weighted by molar-refractivity contribution is 6.30. The van der Waals surface area contributed by atoms with Crippen molar-refractivity contribution in [2.45, 2.75) is 51.1 Å². The van der Waals surface area contributed by atoms with E-state index in [1.807, 2.05) is 19.2 Å².